The summed E-state index contributed by atoms with van der Waals surface area (Å²) in [4.78, 5) is 18.0. The van der Waals surface area contributed by atoms with E-state index < -0.39 is 12.1 Å². The highest BCUT2D eigenvalue weighted by atomic mass is 32.2. The van der Waals surface area contributed by atoms with E-state index >= 15 is 0 Å². The average molecular weight is 438 g/mol. The largest absolute Gasteiger partial charge is 0.352 e. The van der Waals surface area contributed by atoms with Crippen LogP contribution in [0.2, 0.25) is 0 Å². The van der Waals surface area contributed by atoms with Crippen LogP contribution in [0.3, 0.4) is 0 Å². The second-order valence-electron chi connectivity index (χ2n) is 7.34. The molecule has 1 fully saturated rings. The summed E-state index contributed by atoms with van der Waals surface area (Å²) < 4.78 is 24.7. The molecule has 0 spiro atoms. The standard InChI is InChI=1S/C18H23F2N7.C2H6S/c1-10-5-13(22)11(2)27(8-10)17-6-14(24-9-25-17)15-7-23-16(26-15)4-3-12(21)18(19)20;1-3-2/h3-4,6-7,9-11,13,18,21H,5,8,22H2,1-2H3,(H,23,26);1-2H3/b4-3-,21-12?;. The number of alkyl halides is 2. The first-order valence-electron chi connectivity index (χ1n) is 9.61. The van der Waals surface area contributed by atoms with Gasteiger partial charge in [-0.25, -0.2) is 23.7 Å². The van der Waals surface area contributed by atoms with Crippen LogP contribution in [-0.4, -0.2) is 63.2 Å². The summed E-state index contributed by atoms with van der Waals surface area (Å²) in [5.74, 6) is 1.64. The molecule has 0 aromatic carbocycles. The number of halogens is 2. The van der Waals surface area contributed by atoms with Gasteiger partial charge >= 0.3 is 0 Å². The third kappa shape index (κ3) is 6.33. The van der Waals surface area contributed by atoms with Crippen molar-refractivity contribution in [1.29, 1.82) is 5.41 Å². The lowest BCUT2D eigenvalue weighted by Crippen LogP contribution is -2.53. The molecule has 1 aliphatic rings. The van der Waals surface area contributed by atoms with E-state index in [9.17, 15) is 8.78 Å². The summed E-state index contributed by atoms with van der Waals surface area (Å²) in [7, 11) is 0. The Bertz CT molecular complexity index is 855. The molecule has 30 heavy (non-hydrogen) atoms. The molecule has 164 valence electrons. The smallest absolute Gasteiger partial charge is 0.279 e. The molecule has 0 saturated carbocycles. The summed E-state index contributed by atoms with van der Waals surface area (Å²) in [5, 5.41) is 7.14. The summed E-state index contributed by atoms with van der Waals surface area (Å²) in [6.45, 7) is 5.14. The molecule has 0 aliphatic carbocycles. The quantitative estimate of drug-likeness (QED) is 0.616. The average Bonchev–Trinajstić information content (AvgIpc) is 3.18. The lowest BCUT2D eigenvalue weighted by Gasteiger charge is -2.41. The number of nitrogens with two attached hydrogens (primary N) is 1. The van der Waals surface area contributed by atoms with Gasteiger partial charge in [-0.2, -0.15) is 11.8 Å². The number of imidazole rings is 1. The van der Waals surface area contributed by atoms with E-state index in [1.54, 1.807) is 18.0 Å². The third-order valence-electron chi connectivity index (χ3n) is 4.77. The lowest BCUT2D eigenvalue weighted by molar-refractivity contribution is 0.226. The Morgan fingerprint density at radius 3 is 2.70 bits per heavy atom. The molecule has 0 amide bonds. The summed E-state index contributed by atoms with van der Waals surface area (Å²) >= 11 is 1.75. The maximum absolute atomic E-state index is 12.4. The maximum Gasteiger partial charge on any atom is 0.279 e. The zero-order valence-electron chi connectivity index (χ0n) is 17.6. The highest BCUT2D eigenvalue weighted by molar-refractivity contribution is 7.97. The van der Waals surface area contributed by atoms with E-state index in [-0.39, 0.29) is 12.1 Å². The predicted molar refractivity (Wildman–Crippen MR) is 120 cm³/mol. The third-order valence-corrected chi connectivity index (χ3v) is 4.77. The van der Waals surface area contributed by atoms with E-state index in [1.807, 2.05) is 18.6 Å². The molecule has 10 heteroatoms. The van der Waals surface area contributed by atoms with Gasteiger partial charge in [-0.15, -0.1) is 0 Å². The van der Waals surface area contributed by atoms with Crippen LogP contribution in [0.4, 0.5) is 14.6 Å². The van der Waals surface area contributed by atoms with Crippen LogP contribution in [0.1, 0.15) is 26.1 Å². The second-order valence-corrected chi connectivity index (χ2v) is 8.16. The van der Waals surface area contributed by atoms with Gasteiger partial charge in [-0.05, 0) is 43.9 Å². The monoisotopic (exact) mass is 437 g/mol. The molecule has 1 aliphatic heterocycles. The fourth-order valence-electron chi connectivity index (χ4n) is 3.22. The highest BCUT2D eigenvalue weighted by Crippen LogP contribution is 2.27. The number of hydrogen-bond acceptors (Lipinski definition) is 7. The molecule has 3 atom stereocenters. The van der Waals surface area contributed by atoms with Crippen molar-refractivity contribution in [2.24, 2.45) is 11.7 Å². The van der Waals surface area contributed by atoms with Crippen LogP contribution in [-0.2, 0) is 0 Å². The predicted octanol–water partition coefficient (Wildman–Crippen LogP) is 3.71. The molecular weight excluding hydrogens is 408 g/mol. The molecule has 1 saturated heterocycles. The first-order chi connectivity index (χ1) is 14.3. The van der Waals surface area contributed by atoms with Crippen LogP contribution in [0.25, 0.3) is 17.5 Å². The van der Waals surface area contributed by atoms with Crippen LogP contribution in [0.5, 0.6) is 0 Å². The van der Waals surface area contributed by atoms with Gasteiger partial charge in [-0.3, -0.25) is 5.41 Å². The maximum atomic E-state index is 12.4. The number of piperidine rings is 1. The van der Waals surface area contributed by atoms with Gasteiger partial charge in [0.15, 0.2) is 0 Å². The van der Waals surface area contributed by atoms with Gasteiger partial charge in [0.1, 0.15) is 18.0 Å². The van der Waals surface area contributed by atoms with Crippen molar-refractivity contribution in [2.45, 2.75) is 38.8 Å². The first-order valence-corrected chi connectivity index (χ1v) is 11.2. The minimum Gasteiger partial charge on any atom is -0.352 e. The zero-order valence-corrected chi connectivity index (χ0v) is 18.5. The Balaban J connectivity index is 0.00000101. The summed E-state index contributed by atoms with van der Waals surface area (Å²) in [6, 6.07) is 2.12. The van der Waals surface area contributed by atoms with Crippen LogP contribution >= 0.6 is 11.8 Å². The fraction of sp³-hybridized carbons (Fsp3) is 0.500. The number of aromatic nitrogens is 4. The van der Waals surface area contributed by atoms with Crippen LogP contribution in [0, 0.1) is 11.3 Å². The van der Waals surface area contributed by atoms with Crippen molar-refractivity contribution in [1.82, 2.24) is 19.9 Å². The number of hydrogen-bond donors (Lipinski definition) is 3. The Hall–Kier alpha value is -2.33. The normalized spacial score (nSPS) is 21.6. The fourth-order valence-corrected chi connectivity index (χ4v) is 3.22. The number of anilines is 1. The molecule has 7 nitrogen and oxygen atoms in total. The summed E-state index contributed by atoms with van der Waals surface area (Å²) in [6.07, 6.45) is 7.70. The van der Waals surface area contributed by atoms with Crippen LogP contribution < -0.4 is 10.6 Å². The van der Waals surface area contributed by atoms with Gasteiger partial charge < -0.3 is 15.6 Å². The molecule has 2 aromatic heterocycles. The van der Waals surface area contributed by atoms with Gasteiger partial charge in [0.25, 0.3) is 6.43 Å². The number of nitrogens with zero attached hydrogens (tertiary/aromatic N) is 4. The molecule has 3 unspecified atom stereocenters. The van der Waals surface area contributed by atoms with Gasteiger partial charge in [-0.1, -0.05) is 6.92 Å². The molecular formula is C20H29F2N7S. The van der Waals surface area contributed by atoms with Crippen molar-refractivity contribution < 1.29 is 8.78 Å². The highest BCUT2D eigenvalue weighted by Gasteiger charge is 2.30. The molecule has 0 bridgehead atoms. The number of thioether (sulfide) groups is 1. The molecule has 3 heterocycles. The minimum atomic E-state index is -2.81. The van der Waals surface area contributed by atoms with E-state index in [1.165, 1.54) is 12.4 Å². The number of allylic oxidation sites excluding steroid dienone is 1. The van der Waals surface area contributed by atoms with Crippen LogP contribution in [0.15, 0.2) is 24.7 Å². The molecule has 4 N–H and O–H groups in total. The summed E-state index contributed by atoms with van der Waals surface area (Å²) in [5.41, 5.74) is 6.78. The lowest BCUT2D eigenvalue weighted by atomic mass is 9.91. The van der Waals surface area contributed by atoms with Gasteiger partial charge in [0.2, 0.25) is 0 Å². The van der Waals surface area contributed by atoms with Crippen molar-refractivity contribution in [3.05, 3.63) is 30.5 Å². The number of aromatic amines is 1. The topological polar surface area (TPSA) is 108 Å². The first kappa shape index (κ1) is 23.9. The number of nitrogens with one attached hydrogen (secondary N) is 2. The van der Waals surface area contributed by atoms with Crippen molar-refractivity contribution in [2.75, 3.05) is 24.0 Å². The van der Waals surface area contributed by atoms with E-state index in [2.05, 4.69) is 38.7 Å². The van der Waals surface area contributed by atoms with Crippen molar-refractivity contribution in [3.8, 4) is 11.4 Å². The Kier molecular flexibility index (Phi) is 8.91. The Morgan fingerprint density at radius 1 is 1.33 bits per heavy atom. The van der Waals surface area contributed by atoms with Crippen molar-refractivity contribution in [3.63, 3.8) is 0 Å². The van der Waals surface area contributed by atoms with Gasteiger partial charge in [0.05, 0.1) is 23.3 Å². The molecule has 3 rings (SSSR count). The molecule has 2 aromatic rings. The SMILES string of the molecule is CC1CC(N)C(C)N(c2cc(-c3cnc(/C=C\C(=N)C(F)F)[nH]3)ncn2)C1.CSC. The Labute approximate surface area is 180 Å². The van der Waals surface area contributed by atoms with Crippen molar-refractivity contribution >= 4 is 29.4 Å². The molecule has 0 radical (unpaired) electrons. The van der Waals surface area contributed by atoms with E-state index in [4.69, 9.17) is 11.1 Å². The Morgan fingerprint density at radius 2 is 2.03 bits per heavy atom. The zero-order chi connectivity index (χ0) is 22.3. The second kappa shape index (κ2) is 11.2. The van der Waals surface area contributed by atoms with E-state index in [0.717, 1.165) is 24.9 Å². The number of H-pyrrole nitrogens is 1. The minimum absolute atomic E-state index is 0.0845. The van der Waals surface area contributed by atoms with E-state index in [0.29, 0.717) is 23.1 Å². The van der Waals surface area contributed by atoms with Gasteiger partial charge in [0, 0.05) is 24.7 Å². The number of rotatable bonds is 5.